The van der Waals surface area contributed by atoms with E-state index in [1.807, 2.05) is 13.1 Å². The van der Waals surface area contributed by atoms with Gasteiger partial charge < -0.3 is 9.88 Å². The highest BCUT2D eigenvalue weighted by atomic mass is 16.1. The van der Waals surface area contributed by atoms with Gasteiger partial charge in [0, 0.05) is 35.8 Å². The smallest absolute Gasteiger partial charge is 0.186 e. The summed E-state index contributed by atoms with van der Waals surface area (Å²) in [6, 6.07) is 8.12. The lowest BCUT2D eigenvalue weighted by Gasteiger charge is -2.16. The number of hydrogen-bond donors (Lipinski definition) is 1. The fraction of sp³-hybridized carbons (Fsp3) is 0.389. The van der Waals surface area contributed by atoms with Crippen LogP contribution in [0, 0.1) is 20.8 Å². The number of nitrogens with zero attached hydrogens (tertiary/aromatic N) is 1. The van der Waals surface area contributed by atoms with E-state index in [1.54, 1.807) is 6.07 Å². The number of aromatic nitrogens is 1. The second kappa shape index (κ2) is 6.72. The van der Waals surface area contributed by atoms with Crippen LogP contribution >= 0.6 is 0 Å². The molecule has 0 amide bonds. The second-order valence-electron chi connectivity index (χ2n) is 5.64. The molecule has 0 aliphatic rings. The van der Waals surface area contributed by atoms with Crippen molar-refractivity contribution in [3.63, 3.8) is 0 Å². The Bertz CT molecular complexity index is 686. The van der Waals surface area contributed by atoms with E-state index in [2.05, 4.69) is 48.9 Å². The highest BCUT2D eigenvalue weighted by molar-refractivity contribution is 5.44. The minimum atomic E-state index is 0.108. The molecular weight excluding hydrogens is 260 g/mol. The highest BCUT2D eigenvalue weighted by Gasteiger charge is 2.07. The molecule has 1 aromatic carbocycles. The Morgan fingerprint density at radius 2 is 1.90 bits per heavy atom. The van der Waals surface area contributed by atoms with E-state index >= 15 is 0 Å². The van der Waals surface area contributed by atoms with Gasteiger partial charge in [0.1, 0.15) is 0 Å². The molecule has 0 bridgehead atoms. The van der Waals surface area contributed by atoms with Crippen molar-refractivity contribution >= 4 is 0 Å². The number of hydrogen-bond acceptors (Lipinski definition) is 2. The second-order valence-corrected chi connectivity index (χ2v) is 5.64. The van der Waals surface area contributed by atoms with Crippen molar-refractivity contribution in [3.05, 3.63) is 63.1 Å². The first-order valence-corrected chi connectivity index (χ1v) is 7.53. The molecular formula is C18H24N2O. The Balaban J connectivity index is 2.43. The van der Waals surface area contributed by atoms with Gasteiger partial charge in [-0.1, -0.05) is 24.6 Å². The summed E-state index contributed by atoms with van der Waals surface area (Å²) in [6.45, 7) is 9.85. The third-order valence-electron chi connectivity index (χ3n) is 3.68. The van der Waals surface area contributed by atoms with Crippen LogP contribution in [0.4, 0.5) is 0 Å². The van der Waals surface area contributed by atoms with Crippen LogP contribution in [0.15, 0.2) is 35.3 Å². The molecule has 0 fully saturated rings. The Hall–Kier alpha value is -1.87. The van der Waals surface area contributed by atoms with Crippen LogP contribution in [0.3, 0.4) is 0 Å². The standard InChI is InChI=1S/C18H24N2O/c1-5-8-19-11-16-12-20(15(4)10-18(16)21)17-7-6-13(2)9-14(17)3/h6-7,9-10,12,19H,5,8,11H2,1-4H3. The van der Waals surface area contributed by atoms with Crippen LogP contribution in [-0.4, -0.2) is 11.1 Å². The van der Waals surface area contributed by atoms with Crippen molar-refractivity contribution in [2.45, 2.75) is 40.7 Å². The number of aryl methyl sites for hydroxylation is 3. The van der Waals surface area contributed by atoms with Crippen molar-refractivity contribution in [3.8, 4) is 5.69 Å². The first-order valence-electron chi connectivity index (χ1n) is 7.53. The summed E-state index contributed by atoms with van der Waals surface area (Å²) in [4.78, 5) is 12.1. The molecule has 0 aliphatic heterocycles. The summed E-state index contributed by atoms with van der Waals surface area (Å²) < 4.78 is 2.11. The predicted octanol–water partition coefficient (Wildman–Crippen LogP) is 3.26. The van der Waals surface area contributed by atoms with Crippen LogP contribution in [0.5, 0.6) is 0 Å². The zero-order valence-electron chi connectivity index (χ0n) is 13.4. The fourth-order valence-electron chi connectivity index (χ4n) is 2.54. The van der Waals surface area contributed by atoms with Crippen molar-refractivity contribution in [1.82, 2.24) is 9.88 Å². The van der Waals surface area contributed by atoms with E-state index in [0.717, 1.165) is 29.9 Å². The third kappa shape index (κ3) is 3.61. The molecule has 0 saturated heterocycles. The predicted molar refractivity (Wildman–Crippen MR) is 88.2 cm³/mol. The van der Waals surface area contributed by atoms with Gasteiger partial charge in [-0.2, -0.15) is 0 Å². The minimum absolute atomic E-state index is 0.108. The first-order chi connectivity index (χ1) is 10.0. The molecule has 21 heavy (non-hydrogen) atoms. The van der Waals surface area contributed by atoms with Crippen molar-refractivity contribution in [1.29, 1.82) is 0 Å². The molecule has 3 nitrogen and oxygen atoms in total. The normalized spacial score (nSPS) is 10.9. The summed E-state index contributed by atoms with van der Waals surface area (Å²) in [5, 5.41) is 3.30. The van der Waals surface area contributed by atoms with Crippen molar-refractivity contribution in [2.24, 2.45) is 0 Å². The average Bonchev–Trinajstić information content (AvgIpc) is 2.42. The van der Waals surface area contributed by atoms with Gasteiger partial charge in [-0.25, -0.2) is 0 Å². The third-order valence-corrected chi connectivity index (χ3v) is 3.68. The molecule has 1 heterocycles. The summed E-state index contributed by atoms with van der Waals surface area (Å²) in [6.07, 6.45) is 3.04. The van der Waals surface area contributed by atoms with Gasteiger partial charge in [0.15, 0.2) is 5.43 Å². The van der Waals surface area contributed by atoms with Crippen LogP contribution in [-0.2, 0) is 6.54 Å². The van der Waals surface area contributed by atoms with Gasteiger partial charge in [-0.15, -0.1) is 0 Å². The fourth-order valence-corrected chi connectivity index (χ4v) is 2.54. The zero-order chi connectivity index (χ0) is 15.4. The van der Waals surface area contributed by atoms with Crippen molar-refractivity contribution < 1.29 is 0 Å². The highest BCUT2D eigenvalue weighted by Crippen LogP contribution is 2.17. The maximum absolute atomic E-state index is 12.1. The molecule has 0 atom stereocenters. The molecule has 0 unspecified atom stereocenters. The maximum atomic E-state index is 12.1. The topological polar surface area (TPSA) is 34.0 Å². The van der Waals surface area contributed by atoms with Crippen LogP contribution < -0.4 is 10.7 Å². The van der Waals surface area contributed by atoms with Crippen molar-refractivity contribution in [2.75, 3.05) is 6.54 Å². The number of rotatable bonds is 5. The first kappa shape index (κ1) is 15.5. The molecule has 1 N–H and O–H groups in total. The van der Waals surface area contributed by atoms with Gasteiger partial charge >= 0.3 is 0 Å². The molecule has 0 radical (unpaired) electrons. The number of nitrogens with one attached hydrogen (secondary N) is 1. The lowest BCUT2D eigenvalue weighted by atomic mass is 10.1. The van der Waals surface area contributed by atoms with Crippen LogP contribution in [0.2, 0.25) is 0 Å². The summed E-state index contributed by atoms with van der Waals surface area (Å²) in [5.41, 5.74) is 5.49. The monoisotopic (exact) mass is 284 g/mol. The SMILES string of the molecule is CCCNCc1cn(-c2ccc(C)cc2C)c(C)cc1=O. The van der Waals surface area contributed by atoms with E-state index < -0.39 is 0 Å². The molecule has 1 aromatic heterocycles. The lowest BCUT2D eigenvalue weighted by molar-refractivity contribution is 0.668. The van der Waals surface area contributed by atoms with Gasteiger partial charge in [0.2, 0.25) is 0 Å². The van der Waals surface area contributed by atoms with E-state index in [-0.39, 0.29) is 5.43 Å². The average molecular weight is 284 g/mol. The largest absolute Gasteiger partial charge is 0.320 e. The molecule has 0 saturated carbocycles. The quantitative estimate of drug-likeness (QED) is 0.855. The Morgan fingerprint density at radius 3 is 2.57 bits per heavy atom. The van der Waals surface area contributed by atoms with Gasteiger partial charge in [0.25, 0.3) is 0 Å². The van der Waals surface area contributed by atoms with Crippen LogP contribution in [0.1, 0.15) is 35.7 Å². The Kier molecular flexibility index (Phi) is 4.97. The molecule has 3 heteroatoms. The molecule has 112 valence electrons. The van der Waals surface area contributed by atoms with E-state index in [4.69, 9.17) is 0 Å². The molecule has 0 spiro atoms. The number of benzene rings is 1. The van der Waals surface area contributed by atoms with Crippen LogP contribution in [0.25, 0.3) is 5.69 Å². The van der Waals surface area contributed by atoms with E-state index in [9.17, 15) is 4.79 Å². The van der Waals surface area contributed by atoms with Gasteiger partial charge in [0.05, 0.1) is 0 Å². The number of pyridine rings is 1. The summed E-state index contributed by atoms with van der Waals surface area (Å²) in [7, 11) is 0. The Labute approximate surface area is 126 Å². The van der Waals surface area contributed by atoms with E-state index in [0.29, 0.717) is 6.54 Å². The molecule has 0 aliphatic carbocycles. The molecule has 2 aromatic rings. The van der Waals surface area contributed by atoms with Gasteiger partial charge in [-0.05, 0) is 45.4 Å². The maximum Gasteiger partial charge on any atom is 0.186 e. The molecule has 2 rings (SSSR count). The van der Waals surface area contributed by atoms with E-state index in [1.165, 1.54) is 11.1 Å². The summed E-state index contributed by atoms with van der Waals surface area (Å²) >= 11 is 0. The zero-order valence-corrected chi connectivity index (χ0v) is 13.4. The minimum Gasteiger partial charge on any atom is -0.320 e. The van der Waals surface area contributed by atoms with Gasteiger partial charge in [-0.3, -0.25) is 4.79 Å². The lowest BCUT2D eigenvalue weighted by Crippen LogP contribution is -2.22. The summed E-state index contributed by atoms with van der Waals surface area (Å²) in [5.74, 6) is 0. The Morgan fingerprint density at radius 1 is 1.14 bits per heavy atom.